The maximum atomic E-state index is 3.63. The van der Waals surface area contributed by atoms with Crippen LogP contribution in [0.3, 0.4) is 0 Å². The smallest absolute Gasteiger partial charge is 0.261 e. The fraction of sp³-hybridized carbons (Fsp3) is 0.125. The molecule has 0 unspecified atom stereocenters. The van der Waals surface area contributed by atoms with Crippen molar-refractivity contribution in [2.45, 2.75) is 20.0 Å². The molecule has 0 amide bonds. The van der Waals surface area contributed by atoms with Crippen LogP contribution in [-0.2, 0) is 13.1 Å². The van der Waals surface area contributed by atoms with Gasteiger partial charge in [-0.05, 0) is 18.1 Å². The maximum absolute atomic E-state index is 3.63. The highest BCUT2D eigenvalue weighted by atomic mass is 32.1. The van der Waals surface area contributed by atoms with Crippen LogP contribution in [-0.4, -0.2) is 0 Å². The van der Waals surface area contributed by atoms with E-state index in [1.807, 2.05) is 0 Å². The van der Waals surface area contributed by atoms with Gasteiger partial charge >= 0.3 is 5.13 Å². The van der Waals surface area contributed by atoms with Crippen LogP contribution in [0.15, 0.2) is 90.3 Å². The summed E-state index contributed by atoms with van der Waals surface area (Å²) in [6, 6.07) is 29.9. The van der Waals surface area contributed by atoms with Gasteiger partial charge < -0.3 is 0 Å². The number of thiazole rings is 1. The number of anilines is 1. The van der Waals surface area contributed by atoms with Gasteiger partial charge in [0.25, 0.3) is 0 Å². The summed E-state index contributed by atoms with van der Waals surface area (Å²) in [5.74, 6) is 0. The van der Waals surface area contributed by atoms with Crippen LogP contribution in [0, 0.1) is 6.92 Å². The van der Waals surface area contributed by atoms with E-state index in [2.05, 4.69) is 107 Å². The minimum Gasteiger partial charge on any atom is -0.261 e. The van der Waals surface area contributed by atoms with Crippen LogP contribution in [0.5, 0.6) is 0 Å². The molecule has 134 valence electrons. The molecule has 3 aromatic carbocycles. The van der Waals surface area contributed by atoms with Crippen LogP contribution < -0.4 is 9.88 Å². The highest BCUT2D eigenvalue weighted by Gasteiger charge is 2.19. The number of aromatic nitrogens is 1. The normalized spacial score (nSPS) is 10.7. The molecule has 0 atom stereocenters. The summed E-state index contributed by atoms with van der Waals surface area (Å²) >= 11 is 1.77. The SMILES string of the molecule is Cc1ccc(-c2csc(NCc3ccccc3)[n+]2Cc2ccccc2)cc1. The van der Waals surface area contributed by atoms with Gasteiger partial charge in [-0.15, -0.1) is 0 Å². The molecule has 0 fully saturated rings. The second-order valence-corrected chi connectivity index (χ2v) is 7.56. The van der Waals surface area contributed by atoms with E-state index in [9.17, 15) is 0 Å². The molecule has 4 rings (SSSR count). The fourth-order valence-corrected chi connectivity index (χ4v) is 4.06. The Morgan fingerprint density at radius 1 is 0.778 bits per heavy atom. The molecule has 0 aliphatic heterocycles. The van der Waals surface area contributed by atoms with Gasteiger partial charge in [-0.3, -0.25) is 5.32 Å². The van der Waals surface area contributed by atoms with Gasteiger partial charge in [0.15, 0.2) is 0 Å². The largest absolute Gasteiger partial charge is 0.334 e. The van der Waals surface area contributed by atoms with E-state index < -0.39 is 0 Å². The van der Waals surface area contributed by atoms with Crippen LogP contribution in [0.1, 0.15) is 16.7 Å². The topological polar surface area (TPSA) is 15.9 Å². The first-order valence-corrected chi connectivity index (χ1v) is 10.1. The zero-order valence-corrected chi connectivity index (χ0v) is 16.2. The number of rotatable bonds is 6. The van der Waals surface area contributed by atoms with Crippen molar-refractivity contribution in [1.29, 1.82) is 0 Å². The van der Waals surface area contributed by atoms with Gasteiger partial charge in [-0.2, -0.15) is 0 Å². The second kappa shape index (κ2) is 8.19. The van der Waals surface area contributed by atoms with E-state index in [4.69, 9.17) is 0 Å². The summed E-state index contributed by atoms with van der Waals surface area (Å²) in [5, 5.41) is 7.06. The van der Waals surface area contributed by atoms with Gasteiger partial charge in [0.2, 0.25) is 0 Å². The molecule has 0 spiro atoms. The third-order valence-corrected chi connectivity index (χ3v) is 5.56. The summed E-state index contributed by atoms with van der Waals surface area (Å²) in [5.41, 5.74) is 6.37. The fourth-order valence-electron chi connectivity index (χ4n) is 3.13. The lowest BCUT2D eigenvalue weighted by molar-refractivity contribution is -0.659. The monoisotopic (exact) mass is 371 g/mol. The molecule has 0 radical (unpaired) electrons. The molecule has 1 aromatic heterocycles. The highest BCUT2D eigenvalue weighted by molar-refractivity contribution is 7.13. The zero-order valence-electron chi connectivity index (χ0n) is 15.4. The molecule has 0 bridgehead atoms. The lowest BCUT2D eigenvalue weighted by atomic mass is 10.1. The van der Waals surface area contributed by atoms with Crippen LogP contribution >= 0.6 is 11.3 Å². The average Bonchev–Trinajstić information content (AvgIpc) is 3.11. The third-order valence-electron chi connectivity index (χ3n) is 4.64. The van der Waals surface area contributed by atoms with E-state index in [0.717, 1.165) is 13.1 Å². The van der Waals surface area contributed by atoms with Crippen LogP contribution in [0.2, 0.25) is 0 Å². The molecule has 1 heterocycles. The Bertz CT molecular complexity index is 990. The zero-order chi connectivity index (χ0) is 18.5. The lowest BCUT2D eigenvalue weighted by Gasteiger charge is -2.07. The van der Waals surface area contributed by atoms with Gasteiger partial charge in [0.05, 0.1) is 0 Å². The van der Waals surface area contributed by atoms with Crippen molar-refractivity contribution in [3.8, 4) is 11.3 Å². The molecular formula is C24H23N2S+. The molecule has 27 heavy (non-hydrogen) atoms. The van der Waals surface area contributed by atoms with Gasteiger partial charge in [0, 0.05) is 10.9 Å². The van der Waals surface area contributed by atoms with Crippen LogP contribution in [0.25, 0.3) is 11.3 Å². The molecule has 3 heteroatoms. The van der Waals surface area contributed by atoms with Crippen molar-refractivity contribution in [2.75, 3.05) is 5.32 Å². The lowest BCUT2D eigenvalue weighted by Crippen LogP contribution is -2.37. The molecule has 0 saturated carbocycles. The molecule has 0 aliphatic carbocycles. The van der Waals surface area contributed by atoms with Gasteiger partial charge in [0.1, 0.15) is 18.8 Å². The molecule has 2 nitrogen and oxygen atoms in total. The van der Waals surface area contributed by atoms with E-state index in [1.165, 1.54) is 33.1 Å². The Morgan fingerprint density at radius 3 is 2.07 bits per heavy atom. The van der Waals surface area contributed by atoms with Crippen molar-refractivity contribution in [2.24, 2.45) is 0 Å². The summed E-state index contributed by atoms with van der Waals surface area (Å²) in [4.78, 5) is 0. The Morgan fingerprint density at radius 2 is 1.41 bits per heavy atom. The van der Waals surface area contributed by atoms with E-state index in [0.29, 0.717) is 0 Å². The summed E-state index contributed by atoms with van der Waals surface area (Å²) in [6.07, 6.45) is 0. The second-order valence-electron chi connectivity index (χ2n) is 6.70. The number of hydrogen-bond acceptors (Lipinski definition) is 2. The number of benzene rings is 3. The predicted octanol–water partition coefficient (Wildman–Crippen LogP) is 5.67. The standard InChI is InChI=1S/C24H22N2S/c1-19-12-14-22(15-13-19)23-18-27-24(25-16-20-8-4-2-5-9-20)26(23)17-21-10-6-3-7-11-21/h2-15,18H,16-17H2,1H3/p+1. The number of nitrogens with zero attached hydrogens (tertiary/aromatic N) is 1. The Balaban J connectivity index is 1.66. The van der Waals surface area contributed by atoms with Crippen LogP contribution in [0.4, 0.5) is 5.13 Å². The summed E-state index contributed by atoms with van der Waals surface area (Å²) in [6.45, 7) is 3.80. The Hall–Kier alpha value is -2.91. The third kappa shape index (κ3) is 4.26. The van der Waals surface area contributed by atoms with Gasteiger partial charge in [-0.1, -0.05) is 102 Å². The first kappa shape index (κ1) is 17.5. The minimum atomic E-state index is 0.823. The minimum absolute atomic E-state index is 0.823. The number of nitrogens with one attached hydrogen (secondary N) is 1. The highest BCUT2D eigenvalue weighted by Crippen LogP contribution is 2.24. The van der Waals surface area contributed by atoms with Crippen molar-refractivity contribution < 1.29 is 4.57 Å². The predicted molar refractivity (Wildman–Crippen MR) is 114 cm³/mol. The quantitative estimate of drug-likeness (QED) is 0.432. The molecule has 0 saturated heterocycles. The van der Waals surface area contributed by atoms with Gasteiger partial charge in [-0.25, -0.2) is 4.57 Å². The Kier molecular flexibility index (Phi) is 5.31. The van der Waals surface area contributed by atoms with Crippen molar-refractivity contribution >= 4 is 16.5 Å². The van der Waals surface area contributed by atoms with E-state index >= 15 is 0 Å². The summed E-state index contributed by atoms with van der Waals surface area (Å²) < 4.78 is 2.38. The molecule has 4 aromatic rings. The molecule has 0 aliphatic rings. The maximum Gasteiger partial charge on any atom is 0.334 e. The van der Waals surface area contributed by atoms with Crippen molar-refractivity contribution in [1.82, 2.24) is 0 Å². The first-order chi connectivity index (χ1) is 13.3. The van der Waals surface area contributed by atoms with Crippen molar-refractivity contribution in [3.05, 3.63) is 107 Å². The number of aryl methyl sites for hydroxylation is 1. The Labute approximate surface area is 164 Å². The average molecular weight is 372 g/mol. The van der Waals surface area contributed by atoms with Crippen molar-refractivity contribution in [3.63, 3.8) is 0 Å². The summed E-state index contributed by atoms with van der Waals surface area (Å²) in [7, 11) is 0. The first-order valence-electron chi connectivity index (χ1n) is 9.20. The molecule has 1 N–H and O–H groups in total. The molecular weight excluding hydrogens is 348 g/mol. The number of hydrogen-bond donors (Lipinski definition) is 1. The van der Waals surface area contributed by atoms with E-state index in [-0.39, 0.29) is 0 Å². The van der Waals surface area contributed by atoms with E-state index in [1.54, 1.807) is 11.3 Å².